The topological polar surface area (TPSA) is 92.5 Å². The van der Waals surface area contributed by atoms with E-state index in [0.29, 0.717) is 36.5 Å². The molecular formula is C13H18ClN3O3S. The van der Waals surface area contributed by atoms with Crippen LogP contribution < -0.4 is 10.5 Å². The molecule has 6 nitrogen and oxygen atoms in total. The first-order valence-corrected chi connectivity index (χ1v) is 8.48. The number of benzene rings is 1. The molecule has 21 heavy (non-hydrogen) atoms. The first-order valence-electron chi connectivity index (χ1n) is 6.62. The highest BCUT2D eigenvalue weighted by Gasteiger charge is 2.26. The molecule has 1 aromatic carbocycles. The zero-order valence-corrected chi connectivity index (χ0v) is 13.2. The average molecular weight is 332 g/mol. The maximum absolute atomic E-state index is 12.4. The molecule has 0 bridgehead atoms. The van der Waals surface area contributed by atoms with E-state index in [2.05, 4.69) is 4.72 Å². The Morgan fingerprint density at radius 1 is 1.38 bits per heavy atom. The van der Waals surface area contributed by atoms with Crippen LogP contribution in [0.5, 0.6) is 0 Å². The minimum absolute atomic E-state index is 0.194. The summed E-state index contributed by atoms with van der Waals surface area (Å²) in [7, 11) is -3.59. The number of urea groups is 1. The predicted octanol–water partition coefficient (Wildman–Crippen LogP) is 1.47. The largest absolute Gasteiger partial charge is 0.351 e. The van der Waals surface area contributed by atoms with Gasteiger partial charge in [0.05, 0.1) is 4.90 Å². The van der Waals surface area contributed by atoms with E-state index < -0.39 is 16.1 Å². The number of aryl methyl sites for hydroxylation is 1. The molecule has 0 atom stereocenters. The van der Waals surface area contributed by atoms with Crippen LogP contribution in [0.1, 0.15) is 18.4 Å². The second kappa shape index (κ2) is 6.21. The maximum atomic E-state index is 12.4. The molecule has 0 spiro atoms. The maximum Gasteiger partial charge on any atom is 0.314 e. The number of carbonyl (C=O) groups is 1. The highest BCUT2D eigenvalue weighted by Crippen LogP contribution is 2.21. The summed E-state index contributed by atoms with van der Waals surface area (Å²) in [4.78, 5) is 12.8. The first kappa shape index (κ1) is 16.1. The fourth-order valence-electron chi connectivity index (χ4n) is 2.41. The Morgan fingerprint density at radius 2 is 2.00 bits per heavy atom. The molecule has 2 rings (SSSR count). The summed E-state index contributed by atoms with van der Waals surface area (Å²) in [5.41, 5.74) is 5.80. The van der Waals surface area contributed by atoms with Gasteiger partial charge < -0.3 is 10.6 Å². The number of nitrogens with one attached hydrogen (secondary N) is 1. The third-order valence-corrected chi connectivity index (χ3v) is 5.47. The highest BCUT2D eigenvalue weighted by atomic mass is 35.5. The van der Waals surface area contributed by atoms with Crippen molar-refractivity contribution in [2.24, 2.45) is 5.73 Å². The molecule has 0 radical (unpaired) electrons. The van der Waals surface area contributed by atoms with Crippen molar-refractivity contribution in [3.63, 3.8) is 0 Å². The standard InChI is InChI=1S/C13H18ClN3O3S/c1-9-8-10(14)2-3-12(9)21(19,20)16-11-4-6-17(7-5-11)13(15)18/h2-3,8,11,16H,4-7H2,1H3,(H2,15,18). The second-order valence-corrected chi connectivity index (χ2v) is 7.25. The smallest absolute Gasteiger partial charge is 0.314 e. The Balaban J connectivity index is 2.07. The molecule has 1 saturated heterocycles. The number of rotatable bonds is 3. The van der Waals surface area contributed by atoms with Crippen molar-refractivity contribution < 1.29 is 13.2 Å². The van der Waals surface area contributed by atoms with Crippen LogP contribution >= 0.6 is 11.6 Å². The zero-order valence-electron chi connectivity index (χ0n) is 11.7. The summed E-state index contributed by atoms with van der Waals surface area (Å²) in [6.45, 7) is 2.63. The van der Waals surface area contributed by atoms with Crippen LogP contribution in [0, 0.1) is 6.92 Å². The van der Waals surface area contributed by atoms with Crippen LogP contribution in [-0.4, -0.2) is 38.5 Å². The molecule has 116 valence electrons. The molecule has 1 aliphatic heterocycles. The minimum Gasteiger partial charge on any atom is -0.351 e. The number of carbonyl (C=O) groups excluding carboxylic acids is 1. The average Bonchev–Trinajstić information content (AvgIpc) is 2.38. The van der Waals surface area contributed by atoms with Gasteiger partial charge in [-0.3, -0.25) is 0 Å². The van der Waals surface area contributed by atoms with Gasteiger partial charge in [-0.05, 0) is 43.5 Å². The predicted molar refractivity (Wildman–Crippen MR) is 80.7 cm³/mol. The lowest BCUT2D eigenvalue weighted by atomic mass is 10.1. The summed E-state index contributed by atoms with van der Waals surface area (Å²) < 4.78 is 27.5. The number of nitrogens with zero attached hydrogens (tertiary/aromatic N) is 1. The highest BCUT2D eigenvalue weighted by molar-refractivity contribution is 7.89. The lowest BCUT2D eigenvalue weighted by molar-refractivity contribution is 0.189. The molecule has 0 saturated carbocycles. The summed E-state index contributed by atoms with van der Waals surface area (Å²) >= 11 is 5.84. The minimum atomic E-state index is -3.59. The summed E-state index contributed by atoms with van der Waals surface area (Å²) in [6.07, 6.45) is 1.10. The summed E-state index contributed by atoms with van der Waals surface area (Å²) in [6, 6.07) is 4.01. The van der Waals surface area contributed by atoms with Crippen molar-refractivity contribution in [1.29, 1.82) is 0 Å². The van der Waals surface area contributed by atoms with Gasteiger partial charge in [0.1, 0.15) is 0 Å². The molecule has 1 aromatic rings. The molecule has 8 heteroatoms. The van der Waals surface area contributed by atoms with Crippen LogP contribution in [0.25, 0.3) is 0 Å². The number of primary amides is 1. The Bertz CT molecular complexity index is 640. The van der Waals surface area contributed by atoms with Crippen molar-refractivity contribution in [3.05, 3.63) is 28.8 Å². The molecule has 1 heterocycles. The van der Waals surface area contributed by atoms with Crippen molar-refractivity contribution in [3.8, 4) is 0 Å². The molecule has 2 amide bonds. The molecular weight excluding hydrogens is 314 g/mol. The molecule has 0 aliphatic carbocycles. The Hall–Kier alpha value is -1.31. The van der Waals surface area contributed by atoms with Crippen LogP contribution in [0.4, 0.5) is 4.79 Å². The number of likely N-dealkylation sites (tertiary alicyclic amines) is 1. The van der Waals surface area contributed by atoms with E-state index in [4.69, 9.17) is 17.3 Å². The third kappa shape index (κ3) is 3.87. The molecule has 0 aromatic heterocycles. The van der Waals surface area contributed by atoms with E-state index in [1.807, 2.05) is 0 Å². The van der Waals surface area contributed by atoms with Crippen LogP contribution in [-0.2, 0) is 10.0 Å². The van der Waals surface area contributed by atoms with E-state index in [1.165, 1.54) is 11.0 Å². The number of hydrogen-bond donors (Lipinski definition) is 2. The first-order chi connectivity index (χ1) is 9.79. The zero-order chi connectivity index (χ0) is 15.6. The fraction of sp³-hybridized carbons (Fsp3) is 0.462. The molecule has 3 N–H and O–H groups in total. The van der Waals surface area contributed by atoms with Crippen LogP contribution in [0.3, 0.4) is 0 Å². The van der Waals surface area contributed by atoms with E-state index in [0.717, 1.165) is 0 Å². The Kier molecular flexibility index (Phi) is 4.75. The van der Waals surface area contributed by atoms with E-state index in [-0.39, 0.29) is 10.9 Å². The summed E-state index contributed by atoms with van der Waals surface area (Å²) in [5, 5.41) is 0.501. The number of halogens is 1. The van der Waals surface area contributed by atoms with E-state index >= 15 is 0 Å². The van der Waals surface area contributed by atoms with Crippen LogP contribution in [0.2, 0.25) is 5.02 Å². The van der Waals surface area contributed by atoms with Gasteiger partial charge in [0.25, 0.3) is 0 Å². The Labute approximate surface area is 129 Å². The number of nitrogens with two attached hydrogens (primary N) is 1. The van der Waals surface area contributed by atoms with Gasteiger partial charge in [0, 0.05) is 24.2 Å². The number of sulfonamides is 1. The molecule has 1 fully saturated rings. The molecule has 1 aliphatic rings. The van der Waals surface area contributed by atoms with Gasteiger partial charge in [-0.1, -0.05) is 11.6 Å². The van der Waals surface area contributed by atoms with Crippen molar-refractivity contribution in [2.75, 3.05) is 13.1 Å². The quantitative estimate of drug-likeness (QED) is 0.878. The number of amides is 2. The molecule has 0 unspecified atom stereocenters. The number of hydrogen-bond acceptors (Lipinski definition) is 3. The SMILES string of the molecule is Cc1cc(Cl)ccc1S(=O)(=O)NC1CCN(C(N)=O)CC1. The van der Waals surface area contributed by atoms with Gasteiger partial charge in [0.2, 0.25) is 10.0 Å². The fourth-order valence-corrected chi connectivity index (χ4v) is 4.17. The van der Waals surface area contributed by atoms with Gasteiger partial charge in [-0.2, -0.15) is 0 Å². The normalized spacial score (nSPS) is 17.0. The Morgan fingerprint density at radius 3 is 2.52 bits per heavy atom. The van der Waals surface area contributed by atoms with E-state index in [1.54, 1.807) is 19.1 Å². The van der Waals surface area contributed by atoms with Crippen molar-refractivity contribution >= 4 is 27.7 Å². The lowest BCUT2D eigenvalue weighted by Crippen LogP contribution is -2.48. The van der Waals surface area contributed by atoms with Gasteiger partial charge in [0.15, 0.2) is 0 Å². The van der Waals surface area contributed by atoms with E-state index in [9.17, 15) is 13.2 Å². The summed E-state index contributed by atoms with van der Waals surface area (Å²) in [5.74, 6) is 0. The third-order valence-electron chi connectivity index (χ3n) is 3.55. The van der Waals surface area contributed by atoms with Gasteiger partial charge >= 0.3 is 6.03 Å². The van der Waals surface area contributed by atoms with Gasteiger partial charge in [-0.25, -0.2) is 17.9 Å². The van der Waals surface area contributed by atoms with Crippen molar-refractivity contribution in [1.82, 2.24) is 9.62 Å². The van der Waals surface area contributed by atoms with Gasteiger partial charge in [-0.15, -0.1) is 0 Å². The second-order valence-electron chi connectivity index (χ2n) is 5.13. The van der Waals surface area contributed by atoms with Crippen molar-refractivity contribution in [2.45, 2.75) is 30.7 Å². The number of piperidine rings is 1. The van der Waals surface area contributed by atoms with Crippen LogP contribution in [0.15, 0.2) is 23.1 Å². The lowest BCUT2D eigenvalue weighted by Gasteiger charge is -2.31. The monoisotopic (exact) mass is 331 g/mol.